The minimum Gasteiger partial charge on any atom is -0.477 e. The molecule has 0 aliphatic heterocycles. The van der Waals surface area contributed by atoms with Gasteiger partial charge in [0.05, 0.1) is 6.26 Å². The first-order valence-electron chi connectivity index (χ1n) is 5.80. The van der Waals surface area contributed by atoms with E-state index in [0.717, 1.165) is 17.6 Å². The topological polar surface area (TPSA) is 130 Å². The number of carbonyl (C=O) groups is 1. The molecule has 0 radical (unpaired) electrons. The lowest BCUT2D eigenvalue weighted by Gasteiger charge is -2.08. The van der Waals surface area contributed by atoms with Crippen LogP contribution >= 0.6 is 11.3 Å². The zero-order valence-corrected chi connectivity index (χ0v) is 13.9. The van der Waals surface area contributed by atoms with Crippen LogP contribution in [0.2, 0.25) is 0 Å². The van der Waals surface area contributed by atoms with E-state index in [0.29, 0.717) is 5.56 Å². The Morgan fingerprint density at radius 1 is 1.24 bits per heavy atom. The van der Waals surface area contributed by atoms with Crippen LogP contribution in [0.3, 0.4) is 0 Å². The second-order valence-electron chi connectivity index (χ2n) is 4.30. The number of nitrogens with one attached hydrogen (secondary N) is 2. The molecule has 0 atom stereocenters. The lowest BCUT2D eigenvalue weighted by Crippen LogP contribution is -2.30. The second-order valence-corrected chi connectivity index (χ2v) is 8.72. The van der Waals surface area contributed by atoms with Gasteiger partial charge in [0.25, 0.3) is 0 Å². The molecule has 3 N–H and O–H groups in total. The summed E-state index contributed by atoms with van der Waals surface area (Å²) in [5.41, 5.74) is 0.360. The maximum atomic E-state index is 12.1. The zero-order chi connectivity index (χ0) is 16.3. The third kappa shape index (κ3) is 5.36. The minimum atomic E-state index is -3.94. The number of carboxylic acids is 1. The number of aryl methyl sites for hydroxylation is 1. The Kier molecular flexibility index (Phi) is 5.87. The van der Waals surface area contributed by atoms with Gasteiger partial charge in [-0.3, -0.25) is 0 Å². The predicted octanol–water partition coefficient (Wildman–Crippen LogP) is -0.0277. The van der Waals surface area contributed by atoms with E-state index in [1.807, 2.05) is 0 Å². The van der Waals surface area contributed by atoms with E-state index < -0.39 is 26.0 Å². The highest BCUT2D eigenvalue weighted by atomic mass is 32.2. The van der Waals surface area contributed by atoms with Gasteiger partial charge in [-0.1, -0.05) is 0 Å². The van der Waals surface area contributed by atoms with Gasteiger partial charge >= 0.3 is 5.97 Å². The molecule has 0 aliphatic carbocycles. The first kappa shape index (κ1) is 18.0. The van der Waals surface area contributed by atoms with Crippen molar-refractivity contribution in [2.75, 3.05) is 19.3 Å². The summed E-state index contributed by atoms with van der Waals surface area (Å²) in [5.74, 6) is -1.30. The van der Waals surface area contributed by atoms with E-state index in [2.05, 4.69) is 9.44 Å². The Balaban J connectivity index is 2.71. The number of thiophene rings is 1. The van der Waals surface area contributed by atoms with Crippen LogP contribution in [0.15, 0.2) is 10.3 Å². The highest BCUT2D eigenvalue weighted by molar-refractivity contribution is 7.89. The molecule has 1 aromatic heterocycles. The van der Waals surface area contributed by atoms with Crippen LogP contribution < -0.4 is 9.44 Å². The van der Waals surface area contributed by atoms with Crippen molar-refractivity contribution in [2.24, 2.45) is 0 Å². The van der Waals surface area contributed by atoms with Gasteiger partial charge in [0.1, 0.15) is 9.77 Å². The van der Waals surface area contributed by atoms with E-state index in [1.165, 1.54) is 12.3 Å². The van der Waals surface area contributed by atoms with E-state index in [1.54, 1.807) is 0 Å². The number of rotatable bonds is 8. The highest BCUT2D eigenvalue weighted by Crippen LogP contribution is 2.26. The molecule has 21 heavy (non-hydrogen) atoms. The Morgan fingerprint density at radius 3 is 2.33 bits per heavy atom. The normalized spacial score (nSPS) is 12.5. The largest absolute Gasteiger partial charge is 0.477 e. The maximum absolute atomic E-state index is 12.1. The van der Waals surface area contributed by atoms with Gasteiger partial charge < -0.3 is 5.11 Å². The molecular formula is C10H16N2O6S3. The van der Waals surface area contributed by atoms with E-state index in [4.69, 9.17) is 5.11 Å². The maximum Gasteiger partial charge on any atom is 0.347 e. The SMILES string of the molecule is Cc1csc(C(=O)O)c1S(=O)(=O)NCCCNS(C)(=O)=O. The molecule has 0 amide bonds. The molecule has 0 fully saturated rings. The molecule has 8 nitrogen and oxygen atoms in total. The number of hydrogen-bond donors (Lipinski definition) is 3. The van der Waals surface area contributed by atoms with Gasteiger partial charge in [0, 0.05) is 13.1 Å². The summed E-state index contributed by atoms with van der Waals surface area (Å²) >= 11 is 0.848. The summed E-state index contributed by atoms with van der Waals surface area (Å²) in [4.78, 5) is 10.5. The summed E-state index contributed by atoms with van der Waals surface area (Å²) < 4.78 is 50.3. The summed E-state index contributed by atoms with van der Waals surface area (Å²) in [7, 11) is -7.25. The first-order chi connectivity index (χ1) is 9.54. The molecule has 11 heteroatoms. The van der Waals surface area contributed by atoms with Crippen molar-refractivity contribution in [3.8, 4) is 0 Å². The average molecular weight is 356 g/mol. The van der Waals surface area contributed by atoms with Crippen molar-refractivity contribution in [2.45, 2.75) is 18.2 Å². The molecule has 0 aliphatic rings. The van der Waals surface area contributed by atoms with E-state index in [-0.39, 0.29) is 29.3 Å². The number of carboxylic acid groups (broad SMARTS) is 1. The molecule has 1 rings (SSSR count). The molecule has 0 spiro atoms. The number of aromatic carboxylic acids is 1. The molecule has 0 aromatic carbocycles. The lowest BCUT2D eigenvalue weighted by atomic mass is 10.3. The van der Waals surface area contributed by atoms with Crippen molar-refractivity contribution < 1.29 is 26.7 Å². The molecule has 0 unspecified atom stereocenters. The quantitative estimate of drug-likeness (QED) is 0.561. The smallest absolute Gasteiger partial charge is 0.347 e. The fourth-order valence-electron chi connectivity index (χ4n) is 1.54. The van der Waals surface area contributed by atoms with Crippen molar-refractivity contribution in [3.05, 3.63) is 15.8 Å². The minimum absolute atomic E-state index is 0.000795. The Morgan fingerprint density at radius 2 is 1.81 bits per heavy atom. The van der Waals surface area contributed by atoms with E-state index >= 15 is 0 Å². The molecule has 0 saturated heterocycles. The number of sulfonamides is 2. The van der Waals surface area contributed by atoms with Crippen LogP contribution in [0, 0.1) is 6.92 Å². The summed E-state index contributed by atoms with van der Waals surface area (Å²) in [6.07, 6.45) is 1.25. The van der Waals surface area contributed by atoms with Gasteiger partial charge in [-0.05, 0) is 24.3 Å². The highest BCUT2D eigenvalue weighted by Gasteiger charge is 2.26. The van der Waals surface area contributed by atoms with Crippen LogP contribution in [0.5, 0.6) is 0 Å². The van der Waals surface area contributed by atoms with Crippen LogP contribution in [-0.2, 0) is 20.0 Å². The third-order valence-corrected chi connectivity index (χ3v) is 5.98. The summed E-state index contributed by atoms with van der Waals surface area (Å²) in [6, 6.07) is 0. The third-order valence-electron chi connectivity index (χ3n) is 2.39. The van der Waals surface area contributed by atoms with Crippen LogP contribution in [0.1, 0.15) is 21.7 Å². The van der Waals surface area contributed by atoms with Crippen LogP contribution in [-0.4, -0.2) is 47.3 Å². The Hall–Kier alpha value is -1.01. The van der Waals surface area contributed by atoms with Gasteiger partial charge in [0.2, 0.25) is 20.0 Å². The summed E-state index contributed by atoms with van der Waals surface area (Å²) in [6.45, 7) is 1.61. The van der Waals surface area contributed by atoms with Crippen molar-refractivity contribution in [1.29, 1.82) is 0 Å². The Labute approximate surface area is 127 Å². The van der Waals surface area contributed by atoms with Gasteiger partial charge in [-0.25, -0.2) is 31.1 Å². The van der Waals surface area contributed by atoms with Gasteiger partial charge in [-0.2, -0.15) is 0 Å². The van der Waals surface area contributed by atoms with Crippen LogP contribution in [0.4, 0.5) is 0 Å². The average Bonchev–Trinajstić information content (AvgIpc) is 2.70. The van der Waals surface area contributed by atoms with E-state index in [9.17, 15) is 21.6 Å². The number of hydrogen-bond acceptors (Lipinski definition) is 6. The molecule has 0 saturated carbocycles. The fourth-order valence-corrected chi connectivity index (χ4v) is 4.76. The second kappa shape index (κ2) is 6.83. The Bertz CT molecular complexity index is 720. The zero-order valence-electron chi connectivity index (χ0n) is 11.4. The monoisotopic (exact) mass is 356 g/mol. The predicted molar refractivity (Wildman–Crippen MR) is 78.7 cm³/mol. The summed E-state index contributed by atoms with van der Waals surface area (Å²) in [5, 5.41) is 10.4. The van der Waals surface area contributed by atoms with Gasteiger partial charge in [0.15, 0.2) is 0 Å². The first-order valence-corrected chi connectivity index (χ1v) is 10.1. The molecule has 1 heterocycles. The van der Waals surface area contributed by atoms with Crippen molar-refractivity contribution >= 4 is 37.4 Å². The fraction of sp³-hybridized carbons (Fsp3) is 0.500. The molecule has 0 bridgehead atoms. The molecular weight excluding hydrogens is 340 g/mol. The molecule has 1 aromatic rings. The lowest BCUT2D eigenvalue weighted by molar-refractivity contribution is 0.0698. The standard InChI is InChI=1S/C10H16N2O6S3/c1-7-6-19-8(10(13)14)9(7)21(17,18)12-5-3-4-11-20(2,15)16/h6,11-12H,3-5H2,1-2H3,(H,13,14). The van der Waals surface area contributed by atoms with Gasteiger partial charge in [-0.15, -0.1) is 11.3 Å². The van der Waals surface area contributed by atoms with Crippen molar-refractivity contribution in [3.63, 3.8) is 0 Å². The van der Waals surface area contributed by atoms with Crippen molar-refractivity contribution in [1.82, 2.24) is 9.44 Å². The van der Waals surface area contributed by atoms with Crippen LogP contribution in [0.25, 0.3) is 0 Å². The molecule has 120 valence electrons.